The molecule has 17 heavy (non-hydrogen) atoms. The van der Waals surface area contributed by atoms with E-state index >= 15 is 0 Å². The number of anilines is 1. The summed E-state index contributed by atoms with van der Waals surface area (Å²) in [5.41, 5.74) is 2.23. The first-order valence-electron chi connectivity index (χ1n) is 6.12. The summed E-state index contributed by atoms with van der Waals surface area (Å²) in [4.78, 5) is 2.38. The molecule has 0 bridgehead atoms. The molecule has 1 heterocycles. The summed E-state index contributed by atoms with van der Waals surface area (Å²) in [5.74, 6) is 0.935. The molecule has 0 spiro atoms. The predicted octanol–water partition coefficient (Wildman–Crippen LogP) is 2.14. The first-order chi connectivity index (χ1) is 8.36. The maximum absolute atomic E-state index is 5.53. The number of hydrogen-bond acceptors (Lipinski definition) is 3. The second kappa shape index (κ2) is 5.73. The quantitative estimate of drug-likeness (QED) is 0.864. The molecule has 1 saturated heterocycles. The molecule has 2 rings (SSSR count). The maximum Gasteiger partial charge on any atom is 0.149 e. The van der Waals surface area contributed by atoms with Crippen LogP contribution < -0.4 is 15.0 Å². The molecule has 1 aromatic carbocycles. The van der Waals surface area contributed by atoms with Gasteiger partial charge in [-0.1, -0.05) is 24.8 Å². The zero-order valence-corrected chi connectivity index (χ0v) is 10.4. The van der Waals surface area contributed by atoms with Gasteiger partial charge in [-0.3, -0.25) is 0 Å². The smallest absolute Gasteiger partial charge is 0.149 e. The summed E-state index contributed by atoms with van der Waals surface area (Å²) in [6, 6.07) is 6.22. The zero-order valence-electron chi connectivity index (χ0n) is 10.4. The molecule has 1 aliphatic rings. The van der Waals surface area contributed by atoms with Gasteiger partial charge < -0.3 is 15.0 Å². The molecule has 3 heteroatoms. The van der Waals surface area contributed by atoms with Crippen LogP contribution in [0.25, 0.3) is 6.08 Å². The number of hydrogen-bond donors (Lipinski definition) is 1. The number of benzene rings is 1. The Morgan fingerprint density at radius 3 is 3.00 bits per heavy atom. The molecule has 0 unspecified atom stereocenters. The van der Waals surface area contributed by atoms with E-state index in [1.165, 1.54) is 12.1 Å². The van der Waals surface area contributed by atoms with Crippen molar-refractivity contribution in [2.45, 2.75) is 6.42 Å². The minimum Gasteiger partial charge on any atom is -0.494 e. The highest BCUT2D eigenvalue weighted by Crippen LogP contribution is 2.32. The number of para-hydroxylation sites is 1. The SMILES string of the molecule is C=Cc1cccc(N2CCCNCC2)c1OC. The third kappa shape index (κ3) is 2.61. The van der Waals surface area contributed by atoms with Gasteiger partial charge in [0.25, 0.3) is 0 Å². The lowest BCUT2D eigenvalue weighted by molar-refractivity contribution is 0.413. The van der Waals surface area contributed by atoms with Gasteiger partial charge in [0.2, 0.25) is 0 Å². The molecular formula is C14H20N2O. The monoisotopic (exact) mass is 232 g/mol. The van der Waals surface area contributed by atoms with Crippen molar-refractivity contribution >= 4 is 11.8 Å². The van der Waals surface area contributed by atoms with E-state index in [0.29, 0.717) is 0 Å². The van der Waals surface area contributed by atoms with Crippen LogP contribution in [0.3, 0.4) is 0 Å². The van der Waals surface area contributed by atoms with E-state index in [9.17, 15) is 0 Å². The highest BCUT2D eigenvalue weighted by Gasteiger charge is 2.15. The minimum absolute atomic E-state index is 0.935. The summed E-state index contributed by atoms with van der Waals surface area (Å²) in [6.07, 6.45) is 3.01. The van der Waals surface area contributed by atoms with Gasteiger partial charge in [0.1, 0.15) is 5.75 Å². The molecular weight excluding hydrogens is 212 g/mol. The van der Waals surface area contributed by atoms with Crippen molar-refractivity contribution in [1.29, 1.82) is 0 Å². The Balaban J connectivity index is 2.32. The van der Waals surface area contributed by atoms with Crippen molar-refractivity contribution in [2.24, 2.45) is 0 Å². The molecule has 1 N–H and O–H groups in total. The second-order valence-corrected chi connectivity index (χ2v) is 4.19. The lowest BCUT2D eigenvalue weighted by Crippen LogP contribution is -2.28. The van der Waals surface area contributed by atoms with E-state index in [4.69, 9.17) is 4.74 Å². The number of rotatable bonds is 3. The topological polar surface area (TPSA) is 24.5 Å². The first kappa shape index (κ1) is 12.0. The minimum atomic E-state index is 0.935. The van der Waals surface area contributed by atoms with Crippen LogP contribution in [0.5, 0.6) is 5.75 Å². The molecule has 92 valence electrons. The van der Waals surface area contributed by atoms with Crippen molar-refractivity contribution in [3.05, 3.63) is 30.3 Å². The van der Waals surface area contributed by atoms with Gasteiger partial charge in [0.05, 0.1) is 12.8 Å². The van der Waals surface area contributed by atoms with E-state index in [1.54, 1.807) is 7.11 Å². The van der Waals surface area contributed by atoms with Gasteiger partial charge in [-0.05, 0) is 19.0 Å². The van der Waals surface area contributed by atoms with Crippen LogP contribution in [0, 0.1) is 0 Å². The Bertz CT molecular complexity index is 382. The molecule has 0 atom stereocenters. The number of ether oxygens (including phenoxy) is 1. The first-order valence-corrected chi connectivity index (χ1v) is 6.12. The Morgan fingerprint density at radius 2 is 2.24 bits per heavy atom. The summed E-state index contributed by atoms with van der Waals surface area (Å²) in [7, 11) is 1.72. The highest BCUT2D eigenvalue weighted by molar-refractivity contribution is 5.69. The van der Waals surface area contributed by atoms with Crippen LogP contribution in [0.4, 0.5) is 5.69 Å². The van der Waals surface area contributed by atoms with Gasteiger partial charge in [0, 0.05) is 25.2 Å². The van der Waals surface area contributed by atoms with Crippen LogP contribution in [-0.4, -0.2) is 33.3 Å². The average molecular weight is 232 g/mol. The van der Waals surface area contributed by atoms with E-state index < -0.39 is 0 Å². The average Bonchev–Trinajstić information content (AvgIpc) is 2.66. The van der Waals surface area contributed by atoms with Gasteiger partial charge in [0.15, 0.2) is 0 Å². The van der Waals surface area contributed by atoms with Crippen molar-refractivity contribution in [3.8, 4) is 5.75 Å². The molecule has 0 aliphatic carbocycles. The maximum atomic E-state index is 5.53. The molecule has 1 aliphatic heterocycles. The molecule has 0 saturated carbocycles. The van der Waals surface area contributed by atoms with Gasteiger partial charge in [-0.2, -0.15) is 0 Å². The zero-order chi connectivity index (χ0) is 12.1. The van der Waals surface area contributed by atoms with Crippen LogP contribution in [-0.2, 0) is 0 Å². The highest BCUT2D eigenvalue weighted by atomic mass is 16.5. The molecule has 0 aromatic heterocycles. The second-order valence-electron chi connectivity index (χ2n) is 4.19. The summed E-state index contributed by atoms with van der Waals surface area (Å²) in [6.45, 7) is 8.06. The molecule has 3 nitrogen and oxygen atoms in total. The lowest BCUT2D eigenvalue weighted by atomic mass is 10.1. The fourth-order valence-corrected chi connectivity index (χ4v) is 2.26. The number of methoxy groups -OCH3 is 1. The molecule has 0 radical (unpaired) electrons. The standard InChI is InChI=1S/C14H20N2O/c1-3-12-6-4-7-13(14(12)17-2)16-10-5-8-15-9-11-16/h3-4,6-7,15H,1,5,8-11H2,2H3. The normalized spacial score (nSPS) is 16.4. The van der Waals surface area contributed by atoms with Crippen molar-refractivity contribution in [3.63, 3.8) is 0 Å². The predicted molar refractivity (Wildman–Crippen MR) is 72.8 cm³/mol. The van der Waals surface area contributed by atoms with Crippen LogP contribution in [0.2, 0.25) is 0 Å². The Kier molecular flexibility index (Phi) is 4.04. The van der Waals surface area contributed by atoms with Gasteiger partial charge >= 0.3 is 0 Å². The summed E-state index contributed by atoms with van der Waals surface area (Å²) >= 11 is 0. The lowest BCUT2D eigenvalue weighted by Gasteiger charge is -2.25. The third-order valence-electron chi connectivity index (χ3n) is 3.13. The van der Waals surface area contributed by atoms with Crippen LogP contribution in [0.1, 0.15) is 12.0 Å². The third-order valence-corrected chi connectivity index (χ3v) is 3.13. The van der Waals surface area contributed by atoms with E-state index in [0.717, 1.165) is 37.5 Å². The molecule has 1 fully saturated rings. The van der Waals surface area contributed by atoms with E-state index in [1.807, 2.05) is 12.1 Å². The Labute approximate surface area is 103 Å². The molecule has 1 aromatic rings. The fraction of sp³-hybridized carbons (Fsp3) is 0.429. The van der Waals surface area contributed by atoms with E-state index in [2.05, 4.69) is 28.9 Å². The van der Waals surface area contributed by atoms with Crippen LogP contribution in [0.15, 0.2) is 24.8 Å². The molecule has 0 amide bonds. The fourth-order valence-electron chi connectivity index (χ4n) is 2.26. The summed E-state index contributed by atoms with van der Waals surface area (Å²) in [5, 5.41) is 3.41. The Morgan fingerprint density at radius 1 is 1.35 bits per heavy atom. The number of nitrogens with one attached hydrogen (secondary N) is 1. The largest absolute Gasteiger partial charge is 0.494 e. The number of nitrogens with zero attached hydrogens (tertiary/aromatic N) is 1. The van der Waals surface area contributed by atoms with Crippen molar-refractivity contribution < 1.29 is 4.74 Å². The van der Waals surface area contributed by atoms with Gasteiger partial charge in [-0.25, -0.2) is 0 Å². The van der Waals surface area contributed by atoms with Crippen molar-refractivity contribution in [1.82, 2.24) is 5.32 Å². The summed E-state index contributed by atoms with van der Waals surface area (Å²) < 4.78 is 5.53. The Hall–Kier alpha value is -1.48. The van der Waals surface area contributed by atoms with E-state index in [-0.39, 0.29) is 0 Å². The van der Waals surface area contributed by atoms with Crippen LogP contribution >= 0.6 is 0 Å². The van der Waals surface area contributed by atoms with Gasteiger partial charge in [-0.15, -0.1) is 0 Å². The van der Waals surface area contributed by atoms with Crippen molar-refractivity contribution in [2.75, 3.05) is 38.2 Å².